The summed E-state index contributed by atoms with van der Waals surface area (Å²) in [6, 6.07) is 16.6. The third-order valence-electron chi connectivity index (χ3n) is 8.22. The van der Waals surface area contributed by atoms with Crippen LogP contribution in [0.15, 0.2) is 60.8 Å². The average Bonchev–Trinajstić information content (AvgIpc) is 3.49. The minimum Gasteiger partial charge on any atom is -0.481 e. The number of rotatable bonds is 11. The number of aromatic nitrogens is 2. The van der Waals surface area contributed by atoms with Gasteiger partial charge in [0, 0.05) is 79.2 Å². The molecule has 2 aliphatic rings. The number of halogens is 3. The van der Waals surface area contributed by atoms with Gasteiger partial charge in [-0.1, -0.05) is 59.6 Å². The zero-order valence-corrected chi connectivity index (χ0v) is 27.2. The van der Waals surface area contributed by atoms with Crippen molar-refractivity contribution in [2.75, 3.05) is 38.6 Å². The van der Waals surface area contributed by atoms with Crippen molar-refractivity contribution < 1.29 is 18.7 Å². The molecule has 0 radical (unpaired) electrons. The van der Waals surface area contributed by atoms with Crippen LogP contribution in [0.5, 0.6) is 5.88 Å². The van der Waals surface area contributed by atoms with E-state index in [2.05, 4.69) is 26.3 Å². The van der Waals surface area contributed by atoms with Crippen molar-refractivity contribution >= 4 is 46.5 Å². The van der Waals surface area contributed by atoms with Gasteiger partial charge in [0.15, 0.2) is 11.6 Å². The zero-order chi connectivity index (χ0) is 32.9. The fourth-order valence-electron chi connectivity index (χ4n) is 5.80. The van der Waals surface area contributed by atoms with E-state index in [1.807, 2.05) is 41.3 Å². The van der Waals surface area contributed by atoms with E-state index in [9.17, 15) is 9.59 Å². The van der Waals surface area contributed by atoms with Crippen LogP contribution >= 0.6 is 23.2 Å². The molecule has 10 nitrogen and oxygen atoms in total. The normalized spacial score (nSPS) is 16.6. The highest BCUT2D eigenvalue weighted by Gasteiger charge is 2.22. The molecule has 2 fully saturated rings. The summed E-state index contributed by atoms with van der Waals surface area (Å²) in [5, 5.41) is 12.9. The van der Waals surface area contributed by atoms with Gasteiger partial charge in [-0.2, -0.15) is 0 Å². The Morgan fingerprint density at radius 3 is 2.55 bits per heavy atom. The highest BCUT2D eigenvalue weighted by molar-refractivity contribution is 6.39. The van der Waals surface area contributed by atoms with Crippen LogP contribution in [0.2, 0.25) is 10.0 Å². The van der Waals surface area contributed by atoms with E-state index in [1.54, 1.807) is 25.3 Å². The van der Waals surface area contributed by atoms with Crippen LogP contribution in [0.3, 0.4) is 0 Å². The first-order chi connectivity index (χ1) is 22.8. The molecule has 4 heterocycles. The van der Waals surface area contributed by atoms with Crippen LogP contribution in [-0.4, -0.2) is 66.0 Å². The highest BCUT2D eigenvalue weighted by Crippen LogP contribution is 2.42. The molecule has 1 atom stereocenters. The Balaban J connectivity index is 1.21. The zero-order valence-electron chi connectivity index (χ0n) is 25.7. The van der Waals surface area contributed by atoms with E-state index >= 15 is 4.39 Å². The topological polar surface area (TPSA) is 121 Å². The third kappa shape index (κ3) is 7.49. The lowest BCUT2D eigenvalue weighted by molar-refractivity contribution is -0.124. The van der Waals surface area contributed by atoms with Crippen LogP contribution in [0.1, 0.15) is 24.0 Å². The summed E-state index contributed by atoms with van der Waals surface area (Å²) in [6.07, 6.45) is 2.91. The van der Waals surface area contributed by atoms with Crippen LogP contribution in [-0.2, 0) is 22.7 Å². The number of pyridine rings is 2. The first-order valence-corrected chi connectivity index (χ1v) is 16.1. The molecule has 2 aromatic carbocycles. The van der Waals surface area contributed by atoms with Crippen molar-refractivity contribution in [3.63, 3.8) is 0 Å². The standard InChI is InChI=1S/C34H34Cl2FN7O3/c1-47-34-20(16-38-17-22-9-11-28(45)41-22)8-10-26(43-34)25-6-2-4-23(30(25)35)24-5-3-7-27(31(24)36)42-33-32(37)21(12-13-40-33)18-44-15-14-39-29(46)19-44/h2-8,10,12-13,22,38H,9,11,14-19H2,1H3,(H,39,46)(H,40,42)(H,41,45)/t22-/m0/s1. The molecule has 0 bridgehead atoms. The number of hydrogen-bond acceptors (Lipinski definition) is 8. The molecule has 4 N–H and O–H groups in total. The molecule has 2 aliphatic heterocycles. The predicted molar refractivity (Wildman–Crippen MR) is 180 cm³/mol. The Labute approximate surface area is 282 Å². The van der Waals surface area contributed by atoms with Gasteiger partial charge in [0.1, 0.15) is 0 Å². The van der Waals surface area contributed by atoms with E-state index < -0.39 is 5.82 Å². The Hall–Kier alpha value is -4.29. The number of piperazine rings is 1. The van der Waals surface area contributed by atoms with E-state index in [0.717, 1.165) is 12.0 Å². The minimum absolute atomic E-state index is 0.0294. The SMILES string of the molecule is COc1nc(-c2cccc(-c3cccc(Nc4nccc(CN5CCNC(=O)C5)c4F)c3Cl)c2Cl)ccc1CNC[C@@H]1CCC(=O)N1. The summed E-state index contributed by atoms with van der Waals surface area (Å²) >= 11 is 13.9. The molecule has 2 amide bonds. The number of anilines is 2. The van der Waals surface area contributed by atoms with Crippen molar-refractivity contribution in [3.05, 3.63) is 87.8 Å². The maximum Gasteiger partial charge on any atom is 0.234 e. The number of carbonyl (C=O) groups is 2. The van der Waals surface area contributed by atoms with E-state index in [0.29, 0.717) is 82.2 Å². The highest BCUT2D eigenvalue weighted by atomic mass is 35.5. The van der Waals surface area contributed by atoms with Gasteiger partial charge in [-0.05, 0) is 24.6 Å². The molecule has 0 spiro atoms. The fourth-order valence-corrected chi connectivity index (χ4v) is 6.40. The summed E-state index contributed by atoms with van der Waals surface area (Å²) in [5.41, 5.74) is 4.39. The Morgan fingerprint density at radius 2 is 1.79 bits per heavy atom. The average molecular weight is 679 g/mol. The minimum atomic E-state index is -0.510. The maximum atomic E-state index is 15.6. The van der Waals surface area contributed by atoms with Crippen LogP contribution in [0, 0.1) is 5.82 Å². The van der Waals surface area contributed by atoms with Crippen molar-refractivity contribution in [3.8, 4) is 28.3 Å². The summed E-state index contributed by atoms with van der Waals surface area (Å²) in [6.45, 7) is 2.84. The summed E-state index contributed by atoms with van der Waals surface area (Å²) in [7, 11) is 1.57. The second kappa shape index (κ2) is 14.6. The van der Waals surface area contributed by atoms with Crippen molar-refractivity contribution in [1.82, 2.24) is 30.8 Å². The molecular weight excluding hydrogens is 644 g/mol. The molecule has 244 valence electrons. The maximum absolute atomic E-state index is 15.6. The molecule has 0 saturated carbocycles. The number of carbonyl (C=O) groups excluding carboxylic acids is 2. The van der Waals surface area contributed by atoms with Crippen LogP contribution in [0.25, 0.3) is 22.4 Å². The number of amides is 2. The molecule has 2 aromatic heterocycles. The Morgan fingerprint density at radius 1 is 1.00 bits per heavy atom. The van der Waals surface area contributed by atoms with Crippen molar-refractivity contribution in [2.24, 2.45) is 0 Å². The van der Waals surface area contributed by atoms with Gasteiger partial charge in [-0.3, -0.25) is 14.5 Å². The van der Waals surface area contributed by atoms with Crippen LogP contribution < -0.4 is 26.0 Å². The second-order valence-electron chi connectivity index (χ2n) is 11.5. The molecule has 2 saturated heterocycles. The number of nitrogens with zero attached hydrogens (tertiary/aromatic N) is 3. The van der Waals surface area contributed by atoms with Crippen molar-refractivity contribution in [1.29, 1.82) is 0 Å². The Bertz CT molecular complexity index is 1810. The lowest BCUT2D eigenvalue weighted by Crippen LogP contribution is -2.47. The predicted octanol–water partition coefficient (Wildman–Crippen LogP) is 5.31. The van der Waals surface area contributed by atoms with Crippen LogP contribution in [0.4, 0.5) is 15.9 Å². The first kappa shape index (κ1) is 32.6. The van der Waals surface area contributed by atoms with Gasteiger partial charge in [-0.15, -0.1) is 0 Å². The van der Waals surface area contributed by atoms with Gasteiger partial charge in [0.05, 0.1) is 35.1 Å². The van der Waals surface area contributed by atoms with Gasteiger partial charge >= 0.3 is 0 Å². The lowest BCUT2D eigenvalue weighted by atomic mass is 10.00. The molecule has 0 unspecified atom stereocenters. The molecule has 0 aliphatic carbocycles. The summed E-state index contributed by atoms with van der Waals surface area (Å²) in [4.78, 5) is 34.1. The number of benzene rings is 2. The summed E-state index contributed by atoms with van der Waals surface area (Å²) in [5.74, 6) is -0.00763. The first-order valence-electron chi connectivity index (χ1n) is 15.3. The molecule has 4 aromatic rings. The van der Waals surface area contributed by atoms with Gasteiger partial charge in [0.2, 0.25) is 17.7 Å². The number of hydrogen-bond donors (Lipinski definition) is 4. The van der Waals surface area contributed by atoms with Gasteiger partial charge in [-0.25, -0.2) is 14.4 Å². The van der Waals surface area contributed by atoms with Crippen molar-refractivity contribution in [2.45, 2.75) is 32.0 Å². The largest absolute Gasteiger partial charge is 0.481 e. The molecule has 13 heteroatoms. The van der Waals surface area contributed by atoms with E-state index in [1.165, 1.54) is 6.20 Å². The smallest absolute Gasteiger partial charge is 0.234 e. The third-order valence-corrected chi connectivity index (χ3v) is 9.04. The van der Waals surface area contributed by atoms with Gasteiger partial charge in [0.25, 0.3) is 0 Å². The monoisotopic (exact) mass is 677 g/mol. The summed E-state index contributed by atoms with van der Waals surface area (Å²) < 4.78 is 21.2. The quantitative estimate of drug-likeness (QED) is 0.169. The number of methoxy groups -OCH3 is 1. The number of ether oxygens (including phenoxy) is 1. The fraction of sp³-hybridized carbons (Fsp3) is 0.294. The van der Waals surface area contributed by atoms with E-state index in [-0.39, 0.29) is 36.8 Å². The molecular formula is C34H34Cl2FN7O3. The van der Waals surface area contributed by atoms with Gasteiger partial charge < -0.3 is 26.0 Å². The molecule has 47 heavy (non-hydrogen) atoms. The second-order valence-corrected chi connectivity index (χ2v) is 12.2. The molecule has 6 rings (SSSR count). The number of nitrogens with one attached hydrogen (secondary N) is 4. The van der Waals surface area contributed by atoms with E-state index in [4.69, 9.17) is 32.9 Å². The Kier molecular flexibility index (Phi) is 10.2. The lowest BCUT2D eigenvalue weighted by Gasteiger charge is -2.26.